The Hall–Kier alpha value is -2.53. The van der Waals surface area contributed by atoms with Crippen molar-refractivity contribution in [3.8, 4) is 11.5 Å². The average molecular weight is 286 g/mol. The highest BCUT2D eigenvalue weighted by atomic mass is 16.5. The van der Waals surface area contributed by atoms with Crippen molar-refractivity contribution in [3.05, 3.63) is 54.6 Å². The second-order valence-corrected chi connectivity index (χ2v) is 4.24. The first-order chi connectivity index (χ1) is 10.4. The minimum atomic E-state index is 0.591. The van der Waals surface area contributed by atoms with Crippen LogP contribution in [0.4, 0.5) is 5.69 Å². The number of hydrogen-bond acceptors (Lipinski definition) is 4. The normalized spacial score (nSPS) is 10.5. The zero-order valence-electron chi connectivity index (χ0n) is 11.6. The molecule has 0 atom stereocenters. The van der Waals surface area contributed by atoms with E-state index in [1.807, 2.05) is 60.1 Å². The maximum atomic E-state index is 8.40. The van der Waals surface area contributed by atoms with Gasteiger partial charge >= 0.3 is 0 Å². The number of ether oxygens (including phenoxy) is 2. The van der Waals surface area contributed by atoms with Crippen LogP contribution in [-0.2, 0) is 0 Å². The highest BCUT2D eigenvalue weighted by molar-refractivity contribution is 5.59. The van der Waals surface area contributed by atoms with Crippen LogP contribution in [0.2, 0.25) is 0 Å². The summed E-state index contributed by atoms with van der Waals surface area (Å²) in [7, 11) is 0. The van der Waals surface area contributed by atoms with E-state index in [-0.39, 0.29) is 0 Å². The van der Waals surface area contributed by atoms with Crippen LogP contribution >= 0.6 is 0 Å². The summed E-state index contributed by atoms with van der Waals surface area (Å²) in [5.74, 6) is 1.66. The van der Waals surface area contributed by atoms with Gasteiger partial charge in [-0.2, -0.15) is 0 Å². The van der Waals surface area contributed by atoms with Gasteiger partial charge in [0.1, 0.15) is 17.8 Å². The molecule has 0 aliphatic carbocycles. The Balaban J connectivity index is 1.65. The third-order valence-corrected chi connectivity index (χ3v) is 2.68. The molecule has 0 unspecified atom stereocenters. The van der Waals surface area contributed by atoms with Gasteiger partial charge in [-0.05, 0) is 36.4 Å². The van der Waals surface area contributed by atoms with Crippen LogP contribution in [0.25, 0.3) is 0 Å². The van der Waals surface area contributed by atoms with Crippen LogP contribution in [-0.4, -0.2) is 24.8 Å². The molecule has 2 rings (SSSR count). The van der Waals surface area contributed by atoms with Crippen molar-refractivity contribution >= 4 is 12.0 Å². The Morgan fingerprint density at radius 2 is 1.52 bits per heavy atom. The standard InChI is InChI=1S/C16H18N2O3/c19-18-13-17-14-7-9-16(10-8-14)21-12-4-11-20-15-5-2-1-3-6-15/h1-3,5-10,13,19H,4,11-12H2,(H,17,18). The van der Waals surface area contributed by atoms with E-state index in [2.05, 4.69) is 4.99 Å². The number of nitrogens with one attached hydrogen (secondary N) is 1. The van der Waals surface area contributed by atoms with E-state index in [4.69, 9.17) is 14.7 Å². The first-order valence-electron chi connectivity index (χ1n) is 6.71. The Bertz CT molecular complexity index is 541. The summed E-state index contributed by atoms with van der Waals surface area (Å²) >= 11 is 0. The van der Waals surface area contributed by atoms with Crippen molar-refractivity contribution < 1.29 is 14.7 Å². The van der Waals surface area contributed by atoms with E-state index in [9.17, 15) is 0 Å². The summed E-state index contributed by atoms with van der Waals surface area (Å²) in [5, 5.41) is 8.40. The molecule has 2 N–H and O–H groups in total. The topological polar surface area (TPSA) is 63.1 Å². The largest absolute Gasteiger partial charge is 0.493 e. The third-order valence-electron chi connectivity index (χ3n) is 2.68. The zero-order chi connectivity index (χ0) is 14.8. The van der Waals surface area contributed by atoms with E-state index in [1.165, 1.54) is 6.34 Å². The molecule has 2 aromatic rings. The molecule has 5 nitrogen and oxygen atoms in total. The molecule has 0 radical (unpaired) electrons. The lowest BCUT2D eigenvalue weighted by atomic mass is 10.3. The molecule has 0 aromatic heterocycles. The van der Waals surface area contributed by atoms with Crippen molar-refractivity contribution in [2.75, 3.05) is 13.2 Å². The fraction of sp³-hybridized carbons (Fsp3) is 0.188. The number of hydroxylamine groups is 1. The summed E-state index contributed by atoms with van der Waals surface area (Å²) in [6.45, 7) is 1.21. The highest BCUT2D eigenvalue weighted by Gasteiger charge is 1.96. The van der Waals surface area contributed by atoms with Crippen LogP contribution in [0.3, 0.4) is 0 Å². The van der Waals surface area contributed by atoms with E-state index < -0.39 is 0 Å². The zero-order valence-corrected chi connectivity index (χ0v) is 11.6. The van der Waals surface area contributed by atoms with Crippen LogP contribution in [0.15, 0.2) is 59.6 Å². The molecule has 5 heteroatoms. The summed E-state index contributed by atoms with van der Waals surface area (Å²) in [5.41, 5.74) is 2.59. The highest BCUT2D eigenvalue weighted by Crippen LogP contribution is 2.17. The second kappa shape index (κ2) is 8.60. The molecule has 0 saturated carbocycles. The molecule has 0 fully saturated rings. The van der Waals surface area contributed by atoms with Crippen molar-refractivity contribution in [2.24, 2.45) is 4.99 Å². The van der Waals surface area contributed by atoms with Crippen molar-refractivity contribution in [2.45, 2.75) is 6.42 Å². The van der Waals surface area contributed by atoms with Crippen molar-refractivity contribution in [1.82, 2.24) is 5.48 Å². The van der Waals surface area contributed by atoms with E-state index in [0.29, 0.717) is 13.2 Å². The third kappa shape index (κ3) is 5.54. The lowest BCUT2D eigenvalue weighted by molar-refractivity contribution is 0.240. The number of rotatable bonds is 8. The van der Waals surface area contributed by atoms with Crippen LogP contribution in [0.1, 0.15) is 6.42 Å². The van der Waals surface area contributed by atoms with E-state index in [0.717, 1.165) is 23.6 Å². The Kier molecular flexibility index (Phi) is 6.09. The smallest absolute Gasteiger partial charge is 0.119 e. The maximum absolute atomic E-state index is 8.40. The molecule has 2 aromatic carbocycles. The fourth-order valence-electron chi connectivity index (χ4n) is 1.69. The number of aliphatic imine (C=N–C) groups is 1. The van der Waals surface area contributed by atoms with E-state index >= 15 is 0 Å². The molecule has 0 bridgehead atoms. The van der Waals surface area contributed by atoms with Gasteiger partial charge in [-0.15, -0.1) is 0 Å². The van der Waals surface area contributed by atoms with Crippen LogP contribution in [0, 0.1) is 0 Å². The lowest BCUT2D eigenvalue weighted by Crippen LogP contribution is -2.04. The van der Waals surface area contributed by atoms with Gasteiger partial charge in [0, 0.05) is 6.42 Å². The minimum absolute atomic E-state index is 0.591. The van der Waals surface area contributed by atoms with Gasteiger partial charge in [-0.1, -0.05) is 18.2 Å². The fourth-order valence-corrected chi connectivity index (χ4v) is 1.69. The molecule has 21 heavy (non-hydrogen) atoms. The lowest BCUT2D eigenvalue weighted by Gasteiger charge is -2.08. The molecular weight excluding hydrogens is 268 g/mol. The maximum Gasteiger partial charge on any atom is 0.119 e. The first-order valence-corrected chi connectivity index (χ1v) is 6.71. The molecule has 0 spiro atoms. The summed E-state index contributed by atoms with van der Waals surface area (Å²) < 4.78 is 11.2. The van der Waals surface area contributed by atoms with Gasteiger partial charge in [-0.3, -0.25) is 10.7 Å². The molecular formula is C16H18N2O3. The van der Waals surface area contributed by atoms with Gasteiger partial charge in [0.05, 0.1) is 18.9 Å². The van der Waals surface area contributed by atoms with Gasteiger partial charge in [0.25, 0.3) is 0 Å². The summed E-state index contributed by atoms with van der Waals surface area (Å²) in [4.78, 5) is 3.95. The number of para-hydroxylation sites is 1. The molecule has 110 valence electrons. The molecule has 0 aliphatic heterocycles. The van der Waals surface area contributed by atoms with Gasteiger partial charge in [0.2, 0.25) is 0 Å². The summed E-state index contributed by atoms with van der Waals surface area (Å²) in [6, 6.07) is 17.0. The SMILES string of the molecule is ONC=Nc1ccc(OCCCOc2ccccc2)cc1. The first kappa shape index (κ1) is 14.9. The molecule has 0 heterocycles. The molecule has 0 aliphatic rings. The monoisotopic (exact) mass is 286 g/mol. The number of benzene rings is 2. The number of hydrogen-bond donors (Lipinski definition) is 2. The average Bonchev–Trinajstić information content (AvgIpc) is 2.55. The van der Waals surface area contributed by atoms with Crippen LogP contribution in [0.5, 0.6) is 11.5 Å². The Labute approximate surface area is 123 Å². The predicted octanol–water partition coefficient (Wildman–Crippen LogP) is 3.17. The van der Waals surface area contributed by atoms with Gasteiger partial charge in [0.15, 0.2) is 0 Å². The van der Waals surface area contributed by atoms with Gasteiger partial charge < -0.3 is 9.47 Å². The quantitative estimate of drug-likeness (QED) is 0.338. The summed E-state index contributed by atoms with van der Waals surface area (Å²) in [6.07, 6.45) is 2.01. The minimum Gasteiger partial charge on any atom is -0.493 e. The molecule has 0 saturated heterocycles. The number of nitrogens with zero attached hydrogens (tertiary/aromatic N) is 1. The van der Waals surface area contributed by atoms with Gasteiger partial charge in [-0.25, -0.2) is 4.99 Å². The Morgan fingerprint density at radius 3 is 2.14 bits per heavy atom. The predicted molar refractivity (Wildman–Crippen MR) is 81.6 cm³/mol. The van der Waals surface area contributed by atoms with Crippen LogP contribution < -0.4 is 15.0 Å². The van der Waals surface area contributed by atoms with E-state index in [1.54, 1.807) is 0 Å². The van der Waals surface area contributed by atoms with Crippen molar-refractivity contribution in [1.29, 1.82) is 0 Å². The Morgan fingerprint density at radius 1 is 0.905 bits per heavy atom. The molecule has 0 amide bonds. The van der Waals surface area contributed by atoms with Crippen molar-refractivity contribution in [3.63, 3.8) is 0 Å². The second-order valence-electron chi connectivity index (χ2n) is 4.24.